The van der Waals surface area contributed by atoms with Crippen molar-refractivity contribution in [3.8, 4) is 0 Å². The van der Waals surface area contributed by atoms with E-state index in [-0.39, 0.29) is 11.9 Å². The van der Waals surface area contributed by atoms with Gasteiger partial charge in [0, 0.05) is 30.3 Å². The fourth-order valence-electron chi connectivity index (χ4n) is 2.00. The molecule has 0 amide bonds. The Kier molecular flexibility index (Phi) is 4.22. The zero-order valence-electron chi connectivity index (χ0n) is 11.2. The van der Waals surface area contributed by atoms with Crippen LogP contribution in [0, 0.1) is 12.7 Å². The lowest BCUT2D eigenvalue weighted by Gasteiger charge is -2.08. The van der Waals surface area contributed by atoms with Crippen LogP contribution in [0.4, 0.5) is 4.39 Å². The van der Waals surface area contributed by atoms with Crippen LogP contribution in [0.15, 0.2) is 30.3 Å². The van der Waals surface area contributed by atoms with Crippen molar-refractivity contribution in [1.82, 2.24) is 9.97 Å². The number of rotatable bonds is 4. The fraction of sp³-hybridized carbons (Fsp3) is 0.333. The van der Waals surface area contributed by atoms with Gasteiger partial charge in [0.15, 0.2) is 0 Å². The molecular weight excluding hydrogens is 241 g/mol. The Hall–Kier alpha value is -1.81. The van der Waals surface area contributed by atoms with Crippen molar-refractivity contribution in [2.45, 2.75) is 32.7 Å². The minimum absolute atomic E-state index is 0.0768. The Morgan fingerprint density at radius 1 is 1.21 bits per heavy atom. The van der Waals surface area contributed by atoms with Crippen LogP contribution in [0.5, 0.6) is 0 Å². The van der Waals surface area contributed by atoms with Gasteiger partial charge in [-0.15, -0.1) is 0 Å². The zero-order chi connectivity index (χ0) is 13.8. The number of nitrogens with two attached hydrogens (primary N) is 1. The number of hydrogen-bond acceptors (Lipinski definition) is 3. The average molecular weight is 259 g/mol. The second-order valence-corrected chi connectivity index (χ2v) is 4.90. The molecule has 2 aromatic rings. The fourth-order valence-corrected chi connectivity index (χ4v) is 2.00. The van der Waals surface area contributed by atoms with Gasteiger partial charge >= 0.3 is 0 Å². The first-order chi connectivity index (χ1) is 9.02. The molecule has 2 N–H and O–H groups in total. The maximum absolute atomic E-state index is 12.9. The molecule has 0 aliphatic carbocycles. The summed E-state index contributed by atoms with van der Waals surface area (Å²) >= 11 is 0. The van der Waals surface area contributed by atoms with E-state index in [1.54, 1.807) is 12.1 Å². The van der Waals surface area contributed by atoms with Crippen LogP contribution in [0.3, 0.4) is 0 Å². The zero-order valence-corrected chi connectivity index (χ0v) is 11.2. The molecule has 3 nitrogen and oxygen atoms in total. The van der Waals surface area contributed by atoms with Crippen molar-refractivity contribution in [2.24, 2.45) is 5.73 Å². The van der Waals surface area contributed by atoms with Gasteiger partial charge in [0.2, 0.25) is 0 Å². The van der Waals surface area contributed by atoms with Crippen molar-refractivity contribution in [3.63, 3.8) is 0 Å². The lowest BCUT2D eigenvalue weighted by atomic mass is 10.1. The van der Waals surface area contributed by atoms with Gasteiger partial charge in [-0.3, -0.25) is 0 Å². The Morgan fingerprint density at radius 3 is 2.53 bits per heavy atom. The summed E-state index contributed by atoms with van der Waals surface area (Å²) in [4.78, 5) is 8.92. The summed E-state index contributed by atoms with van der Waals surface area (Å²) in [7, 11) is 0. The summed E-state index contributed by atoms with van der Waals surface area (Å²) in [6, 6.07) is 8.45. The molecule has 0 aliphatic heterocycles. The molecule has 0 bridgehead atoms. The van der Waals surface area contributed by atoms with Crippen molar-refractivity contribution in [3.05, 3.63) is 58.9 Å². The third kappa shape index (κ3) is 4.10. The molecule has 1 aromatic heterocycles. The minimum Gasteiger partial charge on any atom is -0.328 e. The number of aryl methyl sites for hydroxylation is 1. The predicted molar refractivity (Wildman–Crippen MR) is 73.3 cm³/mol. The third-order valence-electron chi connectivity index (χ3n) is 2.76. The number of aromatic nitrogens is 2. The molecule has 0 radical (unpaired) electrons. The maximum Gasteiger partial charge on any atom is 0.133 e. The second kappa shape index (κ2) is 5.89. The summed E-state index contributed by atoms with van der Waals surface area (Å²) in [5.41, 5.74) is 8.68. The second-order valence-electron chi connectivity index (χ2n) is 4.90. The van der Waals surface area contributed by atoms with Crippen LogP contribution >= 0.6 is 0 Å². The van der Waals surface area contributed by atoms with Gasteiger partial charge in [0.05, 0.1) is 0 Å². The van der Waals surface area contributed by atoms with E-state index < -0.39 is 0 Å². The van der Waals surface area contributed by atoms with Gasteiger partial charge in [-0.1, -0.05) is 12.1 Å². The predicted octanol–water partition coefficient (Wildman–Crippen LogP) is 2.40. The van der Waals surface area contributed by atoms with Crippen LogP contribution in [0.2, 0.25) is 0 Å². The molecule has 1 heterocycles. The quantitative estimate of drug-likeness (QED) is 0.917. The standard InChI is InChI=1S/C15H18FN3/c1-10(17)7-14-8-11(2)18-15(19-14)9-12-3-5-13(16)6-4-12/h3-6,8,10H,7,9,17H2,1-2H3. The summed E-state index contributed by atoms with van der Waals surface area (Å²) in [5.74, 6) is 0.522. The van der Waals surface area contributed by atoms with E-state index in [4.69, 9.17) is 5.73 Å². The summed E-state index contributed by atoms with van der Waals surface area (Å²) in [6.07, 6.45) is 1.34. The molecule has 0 aliphatic rings. The summed E-state index contributed by atoms with van der Waals surface area (Å²) < 4.78 is 12.9. The first kappa shape index (κ1) is 13.6. The van der Waals surface area contributed by atoms with Crippen LogP contribution in [0.1, 0.15) is 29.7 Å². The van der Waals surface area contributed by atoms with Gasteiger partial charge in [-0.05, 0) is 37.6 Å². The monoisotopic (exact) mass is 259 g/mol. The molecule has 2 rings (SSSR count). The smallest absolute Gasteiger partial charge is 0.133 e. The van der Waals surface area contributed by atoms with E-state index in [1.807, 2.05) is 19.9 Å². The van der Waals surface area contributed by atoms with Crippen molar-refractivity contribution in [2.75, 3.05) is 0 Å². The van der Waals surface area contributed by atoms with Gasteiger partial charge < -0.3 is 5.73 Å². The molecule has 0 saturated heterocycles. The highest BCUT2D eigenvalue weighted by Gasteiger charge is 2.06. The van der Waals surface area contributed by atoms with E-state index in [0.29, 0.717) is 6.42 Å². The van der Waals surface area contributed by atoms with E-state index in [0.717, 1.165) is 29.2 Å². The Morgan fingerprint density at radius 2 is 1.89 bits per heavy atom. The molecule has 1 aromatic carbocycles. The van der Waals surface area contributed by atoms with E-state index >= 15 is 0 Å². The first-order valence-electron chi connectivity index (χ1n) is 6.36. The van der Waals surface area contributed by atoms with Crippen LogP contribution < -0.4 is 5.73 Å². The lowest BCUT2D eigenvalue weighted by molar-refractivity contribution is 0.627. The highest BCUT2D eigenvalue weighted by Crippen LogP contribution is 2.10. The maximum atomic E-state index is 12.9. The van der Waals surface area contributed by atoms with Gasteiger partial charge in [-0.25, -0.2) is 14.4 Å². The molecule has 1 atom stereocenters. The highest BCUT2D eigenvalue weighted by molar-refractivity contribution is 5.21. The number of benzene rings is 1. The summed E-state index contributed by atoms with van der Waals surface area (Å²) in [5, 5.41) is 0. The lowest BCUT2D eigenvalue weighted by Crippen LogP contribution is -2.19. The molecular formula is C15H18FN3. The summed E-state index contributed by atoms with van der Waals surface area (Å²) in [6.45, 7) is 3.90. The average Bonchev–Trinajstić information content (AvgIpc) is 2.30. The number of hydrogen-bond donors (Lipinski definition) is 1. The molecule has 19 heavy (non-hydrogen) atoms. The van der Waals surface area contributed by atoms with Gasteiger partial charge in [0.1, 0.15) is 11.6 Å². The van der Waals surface area contributed by atoms with Crippen LogP contribution in [0.25, 0.3) is 0 Å². The molecule has 100 valence electrons. The van der Waals surface area contributed by atoms with Crippen molar-refractivity contribution in [1.29, 1.82) is 0 Å². The third-order valence-corrected chi connectivity index (χ3v) is 2.76. The molecule has 0 spiro atoms. The van der Waals surface area contributed by atoms with Crippen molar-refractivity contribution >= 4 is 0 Å². The van der Waals surface area contributed by atoms with Crippen LogP contribution in [-0.2, 0) is 12.8 Å². The molecule has 0 saturated carbocycles. The van der Waals surface area contributed by atoms with Crippen LogP contribution in [-0.4, -0.2) is 16.0 Å². The Labute approximate surface area is 112 Å². The molecule has 0 fully saturated rings. The van der Waals surface area contributed by atoms with E-state index in [2.05, 4.69) is 9.97 Å². The molecule has 1 unspecified atom stereocenters. The Balaban J connectivity index is 2.19. The van der Waals surface area contributed by atoms with Crippen molar-refractivity contribution < 1.29 is 4.39 Å². The topological polar surface area (TPSA) is 51.8 Å². The molecule has 4 heteroatoms. The minimum atomic E-state index is -0.230. The first-order valence-corrected chi connectivity index (χ1v) is 6.36. The highest BCUT2D eigenvalue weighted by atomic mass is 19.1. The number of nitrogens with zero attached hydrogens (tertiary/aromatic N) is 2. The van der Waals surface area contributed by atoms with Gasteiger partial charge in [-0.2, -0.15) is 0 Å². The Bertz CT molecular complexity index is 550. The van der Waals surface area contributed by atoms with E-state index in [1.165, 1.54) is 12.1 Å². The normalized spacial score (nSPS) is 12.4. The number of halogens is 1. The van der Waals surface area contributed by atoms with E-state index in [9.17, 15) is 4.39 Å². The largest absolute Gasteiger partial charge is 0.328 e. The van der Waals surface area contributed by atoms with Gasteiger partial charge in [0.25, 0.3) is 0 Å². The SMILES string of the molecule is Cc1cc(CC(C)N)nc(Cc2ccc(F)cc2)n1.